The number of aromatic amines is 1. The molecule has 0 aliphatic carbocycles. The molecule has 22 valence electrons. The highest BCUT2D eigenvalue weighted by Gasteiger charge is 1.56. The first-order chi connectivity index (χ1) is 2.00. The van der Waals surface area contributed by atoms with E-state index in [2.05, 4.69) is 14.9 Å². The molecule has 1 heterocycles. The molecule has 0 saturated heterocycles. The van der Waals surface area contributed by atoms with Gasteiger partial charge in [0.05, 0.1) is 0 Å². The van der Waals surface area contributed by atoms with E-state index in [1.807, 2.05) is 0 Å². The summed E-state index contributed by atoms with van der Waals surface area (Å²) in [6, 6.07) is 0. The van der Waals surface area contributed by atoms with E-state index in [1.54, 1.807) is 0 Å². The lowest BCUT2D eigenvalue weighted by molar-refractivity contribution is 0.282. The maximum atomic E-state index is 4.18. The first-order valence-corrected chi connectivity index (χ1v) is 0.922. The number of nitrogens with zero attached hydrogens (tertiary/aromatic N) is 1. The summed E-state index contributed by atoms with van der Waals surface area (Å²) in [7, 11) is 0. The van der Waals surface area contributed by atoms with Gasteiger partial charge in [-0.05, 0) is 0 Å². The fraction of sp³-hybridized carbons (Fsp3) is 0. The largest absolute Gasteiger partial charge is 0.351 e. The Labute approximate surface area is 22.6 Å². The summed E-state index contributed by atoms with van der Waals surface area (Å²) in [6.07, 6.45) is 1.32. The zero-order valence-electron chi connectivity index (χ0n) is 1.93. The van der Waals surface area contributed by atoms with Crippen LogP contribution in [0.2, 0.25) is 0 Å². The molecule has 3 nitrogen and oxygen atoms in total. The second kappa shape index (κ2) is 0.342. The van der Waals surface area contributed by atoms with Crippen LogP contribution in [-0.2, 0) is 0 Å². The molecule has 0 aromatic carbocycles. The van der Waals surface area contributed by atoms with Crippen LogP contribution >= 0.6 is 0 Å². The third-order valence-electron chi connectivity index (χ3n) is 0.211. The zero-order chi connectivity index (χ0) is 2.83. The lowest BCUT2D eigenvalue weighted by Crippen LogP contribution is -1.75. The highest BCUT2D eigenvalue weighted by molar-refractivity contribution is 4.14. The van der Waals surface area contributed by atoms with Crippen LogP contribution in [0.1, 0.15) is 0 Å². The number of rotatable bonds is 0. The molecule has 0 aliphatic rings. The van der Waals surface area contributed by atoms with Crippen LogP contribution in [-0.4, -0.2) is 10.4 Å². The average Bonchev–Trinajstić information content (AvgIpc) is 0.722. The van der Waals surface area contributed by atoms with Crippen LogP contribution < -0.4 is 0 Å². The molecule has 1 aromatic rings. The first kappa shape index (κ1) is 1.58. The SMILES string of the molecule is c1n[nH]o1. The maximum Gasteiger partial charge on any atom is 0.231 e. The van der Waals surface area contributed by atoms with Crippen molar-refractivity contribution in [3.05, 3.63) is 6.39 Å². The average molecular weight is 58.0 g/mol. The van der Waals surface area contributed by atoms with Crippen LogP contribution in [0.15, 0.2) is 10.9 Å². The molecule has 4 heavy (non-hydrogen) atoms. The second-order valence-electron chi connectivity index (χ2n) is 0.444. The molecular formula is CH2N2O. The summed E-state index contributed by atoms with van der Waals surface area (Å²) in [5, 5.41) is 5.50. The van der Waals surface area contributed by atoms with Gasteiger partial charge in [0.1, 0.15) is 0 Å². The molecule has 0 atom stereocenters. The molecule has 1 rings (SSSR count). The van der Waals surface area contributed by atoms with Gasteiger partial charge in [0.25, 0.3) is 0 Å². The van der Waals surface area contributed by atoms with E-state index in [1.165, 1.54) is 6.39 Å². The molecule has 0 amide bonds. The van der Waals surface area contributed by atoms with Gasteiger partial charge in [-0.15, -0.1) is 10.4 Å². The Kier molecular flexibility index (Phi) is 0.135. The summed E-state index contributed by atoms with van der Waals surface area (Å²) < 4.78 is 4.18. The molecule has 0 saturated carbocycles. The van der Waals surface area contributed by atoms with Crippen molar-refractivity contribution in [1.29, 1.82) is 0 Å². The summed E-state index contributed by atoms with van der Waals surface area (Å²) in [6.45, 7) is 0. The molecule has 0 radical (unpaired) electrons. The maximum absolute atomic E-state index is 4.18. The predicted octanol–water partition coefficient (Wildman–Crippen LogP) is 0.00270. The fourth-order valence-corrected chi connectivity index (χ4v) is 0.0527. The van der Waals surface area contributed by atoms with Gasteiger partial charge in [0.2, 0.25) is 6.39 Å². The number of hydrogen-bond acceptors (Lipinski definition) is 2. The minimum absolute atomic E-state index is 1.32. The summed E-state index contributed by atoms with van der Waals surface area (Å²) in [4.78, 5) is 0. The summed E-state index contributed by atoms with van der Waals surface area (Å²) >= 11 is 0. The minimum atomic E-state index is 1.32. The van der Waals surface area contributed by atoms with Crippen LogP contribution in [0.3, 0.4) is 0 Å². The van der Waals surface area contributed by atoms with Gasteiger partial charge < -0.3 is 4.52 Å². The van der Waals surface area contributed by atoms with Crippen molar-refractivity contribution in [1.82, 2.24) is 10.4 Å². The van der Waals surface area contributed by atoms with Gasteiger partial charge in [-0.25, -0.2) is 0 Å². The highest BCUT2D eigenvalue weighted by Crippen LogP contribution is 1.58. The van der Waals surface area contributed by atoms with Crippen LogP contribution in [0.25, 0.3) is 0 Å². The van der Waals surface area contributed by atoms with E-state index in [9.17, 15) is 0 Å². The van der Waals surface area contributed by atoms with E-state index in [0.717, 1.165) is 0 Å². The van der Waals surface area contributed by atoms with Crippen molar-refractivity contribution >= 4 is 0 Å². The van der Waals surface area contributed by atoms with Gasteiger partial charge in [-0.2, -0.15) is 0 Å². The van der Waals surface area contributed by atoms with E-state index in [-0.39, 0.29) is 0 Å². The smallest absolute Gasteiger partial charge is 0.231 e. The van der Waals surface area contributed by atoms with Gasteiger partial charge in [-0.3, -0.25) is 0 Å². The van der Waals surface area contributed by atoms with E-state index >= 15 is 0 Å². The molecule has 0 fully saturated rings. The normalized spacial score (nSPS) is 8.00. The van der Waals surface area contributed by atoms with Crippen molar-refractivity contribution in [3.8, 4) is 0 Å². The van der Waals surface area contributed by atoms with Gasteiger partial charge >= 0.3 is 0 Å². The minimum Gasteiger partial charge on any atom is -0.351 e. The molecule has 0 spiro atoms. The van der Waals surface area contributed by atoms with Crippen LogP contribution in [0, 0.1) is 0 Å². The lowest BCUT2D eigenvalue weighted by atomic mass is 11.5. The van der Waals surface area contributed by atoms with Gasteiger partial charge in [-0.1, -0.05) is 0 Å². The number of aromatic nitrogens is 2. The van der Waals surface area contributed by atoms with E-state index in [0.29, 0.717) is 0 Å². The predicted molar refractivity (Wildman–Crippen MR) is 10.9 cm³/mol. The Morgan fingerprint density at radius 2 is 2.25 bits per heavy atom. The third-order valence-corrected chi connectivity index (χ3v) is 0.211. The molecule has 0 bridgehead atoms. The summed E-state index contributed by atoms with van der Waals surface area (Å²) in [5.74, 6) is 0. The quantitative estimate of drug-likeness (QED) is 0.456. The van der Waals surface area contributed by atoms with Crippen LogP contribution in [0.5, 0.6) is 0 Å². The standard InChI is InChI=1S/CH2N2O/c1-2-3-4-1/h1,3H. The zero-order valence-corrected chi connectivity index (χ0v) is 1.93. The Morgan fingerprint density at radius 3 is 2.25 bits per heavy atom. The Bertz CT molecular complexity index is 47.8. The monoisotopic (exact) mass is 58.0 g/mol. The fourth-order valence-electron chi connectivity index (χ4n) is 0.0527. The van der Waals surface area contributed by atoms with Crippen molar-refractivity contribution < 1.29 is 4.52 Å². The van der Waals surface area contributed by atoms with Crippen molar-refractivity contribution in [3.63, 3.8) is 0 Å². The van der Waals surface area contributed by atoms with Crippen molar-refractivity contribution in [2.45, 2.75) is 0 Å². The van der Waals surface area contributed by atoms with Crippen LogP contribution in [0.4, 0.5) is 0 Å². The van der Waals surface area contributed by atoms with E-state index < -0.39 is 0 Å². The van der Waals surface area contributed by atoms with E-state index in [4.69, 9.17) is 0 Å². The topological polar surface area (TPSA) is 41.8 Å². The summed E-state index contributed by atoms with van der Waals surface area (Å²) in [5.41, 5.74) is 0. The van der Waals surface area contributed by atoms with Crippen molar-refractivity contribution in [2.75, 3.05) is 0 Å². The molecule has 1 aromatic heterocycles. The van der Waals surface area contributed by atoms with Gasteiger partial charge in [0.15, 0.2) is 0 Å². The van der Waals surface area contributed by atoms with Gasteiger partial charge in [0, 0.05) is 0 Å². The second-order valence-corrected chi connectivity index (χ2v) is 0.444. The Morgan fingerprint density at radius 1 is 2.00 bits per heavy atom. The molecule has 0 aliphatic heterocycles. The molecule has 1 N–H and O–H groups in total. The number of hydrogen-bond donors (Lipinski definition) is 1. The number of nitrogens with one attached hydrogen (secondary N) is 1. The first-order valence-electron chi connectivity index (χ1n) is 0.922. The molecule has 3 heteroatoms. The van der Waals surface area contributed by atoms with Crippen molar-refractivity contribution in [2.24, 2.45) is 0 Å². The third kappa shape index (κ3) is 0.00866. The Hall–Kier alpha value is -0.730. The Balaban J connectivity index is 3.00. The molecular weight excluding hydrogens is 56.0 g/mol. The molecule has 0 unspecified atom stereocenters. The number of H-pyrrole nitrogens is 1. The lowest BCUT2D eigenvalue weighted by Gasteiger charge is -1.74. The highest BCUT2D eigenvalue weighted by atomic mass is 16.5.